The van der Waals surface area contributed by atoms with Gasteiger partial charge in [0, 0.05) is 6.92 Å². The van der Waals surface area contributed by atoms with Crippen LogP contribution in [0.1, 0.15) is 36.8 Å². The van der Waals surface area contributed by atoms with Crippen molar-refractivity contribution >= 4 is 12.0 Å². The van der Waals surface area contributed by atoms with Gasteiger partial charge in [-0.3, -0.25) is 4.79 Å². The first-order valence-electron chi connectivity index (χ1n) is 5.15. The smallest absolute Gasteiger partial charge is 0.308 e. The Hall–Kier alpha value is -1.57. The molecule has 0 aliphatic heterocycles. The van der Waals surface area contributed by atoms with Gasteiger partial charge in [-0.1, -0.05) is 18.7 Å². The Kier molecular flexibility index (Phi) is 2.58. The molecule has 1 aromatic rings. The van der Waals surface area contributed by atoms with Crippen LogP contribution in [0.4, 0.5) is 0 Å². The maximum Gasteiger partial charge on any atom is 0.308 e. The molecule has 1 fully saturated rings. The zero-order valence-corrected chi connectivity index (χ0v) is 8.82. The fourth-order valence-corrected chi connectivity index (χ4v) is 1.64. The highest BCUT2D eigenvalue weighted by atomic mass is 16.5. The van der Waals surface area contributed by atoms with Crippen molar-refractivity contribution in [3.05, 3.63) is 35.9 Å². The van der Waals surface area contributed by atoms with Crippen molar-refractivity contribution < 1.29 is 9.53 Å². The molecule has 2 rings (SSSR count). The number of hydrogen-bond acceptors (Lipinski definition) is 2. The van der Waals surface area contributed by atoms with E-state index < -0.39 is 0 Å². The predicted molar refractivity (Wildman–Crippen MR) is 59.8 cm³/mol. The highest BCUT2D eigenvalue weighted by Gasteiger charge is 2.24. The number of benzene rings is 1. The fourth-order valence-electron chi connectivity index (χ4n) is 1.64. The molecule has 0 spiro atoms. The van der Waals surface area contributed by atoms with Gasteiger partial charge >= 0.3 is 5.97 Å². The highest BCUT2D eigenvalue weighted by molar-refractivity contribution is 5.70. The summed E-state index contributed by atoms with van der Waals surface area (Å²) in [5.41, 5.74) is 2.26. The summed E-state index contributed by atoms with van der Waals surface area (Å²) < 4.78 is 5.09. The van der Waals surface area contributed by atoms with Crippen LogP contribution in [0.15, 0.2) is 24.8 Å². The van der Waals surface area contributed by atoms with Crippen LogP contribution in [-0.2, 0) is 4.79 Å². The summed E-state index contributed by atoms with van der Waals surface area (Å²) in [7, 11) is 0. The zero-order valence-electron chi connectivity index (χ0n) is 8.82. The lowest BCUT2D eigenvalue weighted by Crippen LogP contribution is -2.02. The van der Waals surface area contributed by atoms with E-state index in [0.717, 1.165) is 5.56 Å². The topological polar surface area (TPSA) is 26.3 Å². The minimum Gasteiger partial charge on any atom is -0.427 e. The van der Waals surface area contributed by atoms with Gasteiger partial charge in [-0.05, 0) is 42.0 Å². The Bertz CT molecular complexity index is 403. The molecule has 0 amide bonds. The molecule has 0 radical (unpaired) electrons. The van der Waals surface area contributed by atoms with Crippen LogP contribution in [0, 0.1) is 0 Å². The molecule has 0 N–H and O–H groups in total. The average molecular weight is 202 g/mol. The van der Waals surface area contributed by atoms with E-state index >= 15 is 0 Å². The van der Waals surface area contributed by atoms with Crippen molar-refractivity contribution in [2.24, 2.45) is 0 Å². The van der Waals surface area contributed by atoms with Gasteiger partial charge < -0.3 is 4.74 Å². The highest BCUT2D eigenvalue weighted by Crippen LogP contribution is 2.41. The Balaban J connectivity index is 2.31. The molecular formula is C13H14O2. The van der Waals surface area contributed by atoms with Crippen LogP contribution >= 0.6 is 0 Å². The molecule has 0 saturated heterocycles. The summed E-state index contributed by atoms with van der Waals surface area (Å²) in [5.74, 6) is 0.999. The monoisotopic (exact) mass is 202 g/mol. The van der Waals surface area contributed by atoms with E-state index in [9.17, 15) is 4.79 Å². The van der Waals surface area contributed by atoms with Gasteiger partial charge in [0.15, 0.2) is 0 Å². The van der Waals surface area contributed by atoms with Gasteiger partial charge in [0.05, 0.1) is 0 Å². The molecule has 0 bridgehead atoms. The SMILES string of the molecule is C=Cc1cc(OC(C)=O)cc(C2CC2)c1. The minimum atomic E-state index is -0.280. The summed E-state index contributed by atoms with van der Waals surface area (Å²) in [5, 5.41) is 0. The number of esters is 1. The van der Waals surface area contributed by atoms with E-state index in [1.807, 2.05) is 12.1 Å². The summed E-state index contributed by atoms with van der Waals surface area (Å²) in [6, 6.07) is 5.89. The predicted octanol–water partition coefficient (Wildman–Crippen LogP) is 3.13. The summed E-state index contributed by atoms with van der Waals surface area (Å²) in [6.45, 7) is 5.15. The Morgan fingerprint density at radius 2 is 2.20 bits per heavy atom. The molecule has 0 aromatic heterocycles. The van der Waals surface area contributed by atoms with Crippen molar-refractivity contribution in [3.8, 4) is 5.75 Å². The first kappa shape index (κ1) is 9.97. The van der Waals surface area contributed by atoms with E-state index in [2.05, 4.69) is 12.6 Å². The Labute approximate surface area is 89.6 Å². The second kappa shape index (κ2) is 3.89. The van der Waals surface area contributed by atoms with E-state index in [1.165, 1.54) is 25.3 Å². The van der Waals surface area contributed by atoms with Gasteiger partial charge in [0.2, 0.25) is 0 Å². The molecule has 1 aliphatic carbocycles. The van der Waals surface area contributed by atoms with Crippen LogP contribution < -0.4 is 4.74 Å². The van der Waals surface area contributed by atoms with Crippen LogP contribution in [0.3, 0.4) is 0 Å². The quantitative estimate of drug-likeness (QED) is 0.556. The lowest BCUT2D eigenvalue weighted by atomic mass is 10.1. The van der Waals surface area contributed by atoms with Crippen LogP contribution in [-0.4, -0.2) is 5.97 Å². The standard InChI is InChI=1S/C13H14O2/c1-3-10-6-12(11-4-5-11)8-13(7-10)15-9(2)14/h3,6-8,11H,1,4-5H2,2H3. The molecular weight excluding hydrogens is 188 g/mol. The van der Waals surface area contributed by atoms with Crippen molar-refractivity contribution in [3.63, 3.8) is 0 Å². The third kappa shape index (κ3) is 2.46. The average Bonchev–Trinajstić information content (AvgIpc) is 2.99. The van der Waals surface area contributed by atoms with E-state index in [-0.39, 0.29) is 5.97 Å². The summed E-state index contributed by atoms with van der Waals surface area (Å²) in [6.07, 6.45) is 4.25. The van der Waals surface area contributed by atoms with Gasteiger partial charge in [-0.2, -0.15) is 0 Å². The lowest BCUT2D eigenvalue weighted by molar-refractivity contribution is -0.131. The largest absolute Gasteiger partial charge is 0.427 e. The van der Waals surface area contributed by atoms with Gasteiger partial charge in [0.25, 0.3) is 0 Å². The maximum absolute atomic E-state index is 10.9. The van der Waals surface area contributed by atoms with E-state index in [0.29, 0.717) is 11.7 Å². The van der Waals surface area contributed by atoms with Crippen molar-refractivity contribution in [2.75, 3.05) is 0 Å². The molecule has 2 heteroatoms. The summed E-state index contributed by atoms with van der Waals surface area (Å²) >= 11 is 0. The van der Waals surface area contributed by atoms with Crippen molar-refractivity contribution in [1.29, 1.82) is 0 Å². The zero-order chi connectivity index (χ0) is 10.8. The number of rotatable bonds is 3. The maximum atomic E-state index is 10.9. The van der Waals surface area contributed by atoms with Gasteiger partial charge in [0.1, 0.15) is 5.75 Å². The fraction of sp³-hybridized carbons (Fsp3) is 0.308. The molecule has 1 aromatic carbocycles. The third-order valence-electron chi connectivity index (χ3n) is 2.50. The number of ether oxygens (including phenoxy) is 1. The van der Waals surface area contributed by atoms with Crippen molar-refractivity contribution in [1.82, 2.24) is 0 Å². The third-order valence-corrected chi connectivity index (χ3v) is 2.50. The normalized spacial score (nSPS) is 14.7. The number of carbonyl (C=O) groups excluding carboxylic acids is 1. The van der Waals surface area contributed by atoms with Gasteiger partial charge in [-0.25, -0.2) is 0 Å². The van der Waals surface area contributed by atoms with Crippen LogP contribution in [0.2, 0.25) is 0 Å². The molecule has 1 aliphatic rings. The Morgan fingerprint density at radius 3 is 2.73 bits per heavy atom. The molecule has 0 atom stereocenters. The first-order chi connectivity index (χ1) is 7.19. The summed E-state index contributed by atoms with van der Waals surface area (Å²) in [4.78, 5) is 10.9. The molecule has 0 heterocycles. The van der Waals surface area contributed by atoms with E-state index in [1.54, 1.807) is 6.08 Å². The number of carbonyl (C=O) groups is 1. The van der Waals surface area contributed by atoms with Crippen LogP contribution in [0.25, 0.3) is 6.08 Å². The van der Waals surface area contributed by atoms with Crippen molar-refractivity contribution in [2.45, 2.75) is 25.7 Å². The number of hydrogen-bond donors (Lipinski definition) is 0. The first-order valence-corrected chi connectivity index (χ1v) is 5.15. The molecule has 78 valence electrons. The van der Waals surface area contributed by atoms with Gasteiger partial charge in [-0.15, -0.1) is 0 Å². The molecule has 2 nitrogen and oxygen atoms in total. The molecule has 1 saturated carbocycles. The minimum absolute atomic E-state index is 0.280. The molecule has 0 unspecified atom stereocenters. The Morgan fingerprint density at radius 1 is 1.47 bits per heavy atom. The second-order valence-electron chi connectivity index (χ2n) is 3.91. The second-order valence-corrected chi connectivity index (χ2v) is 3.91. The molecule has 15 heavy (non-hydrogen) atoms. The van der Waals surface area contributed by atoms with E-state index in [4.69, 9.17) is 4.74 Å². The lowest BCUT2D eigenvalue weighted by Gasteiger charge is -2.06. The van der Waals surface area contributed by atoms with Crippen LogP contribution in [0.5, 0.6) is 5.75 Å².